The first kappa shape index (κ1) is 12.4. The largest absolute Gasteiger partial charge is 0.481 e. The molecular formula is C14H13BrN2O2. The van der Waals surface area contributed by atoms with Gasteiger partial charge < -0.3 is 10.0 Å². The Morgan fingerprint density at radius 3 is 3.00 bits per heavy atom. The third-order valence-electron chi connectivity index (χ3n) is 3.56. The molecule has 3 rings (SSSR count). The van der Waals surface area contributed by atoms with Gasteiger partial charge in [0.15, 0.2) is 0 Å². The zero-order valence-electron chi connectivity index (χ0n) is 10.2. The van der Waals surface area contributed by atoms with Crippen LogP contribution in [-0.4, -0.2) is 29.1 Å². The van der Waals surface area contributed by atoms with Gasteiger partial charge in [0.05, 0.1) is 11.4 Å². The second-order valence-electron chi connectivity index (χ2n) is 4.76. The number of carboxylic acids is 1. The molecule has 5 heteroatoms. The van der Waals surface area contributed by atoms with E-state index in [-0.39, 0.29) is 5.92 Å². The molecule has 19 heavy (non-hydrogen) atoms. The van der Waals surface area contributed by atoms with Crippen molar-refractivity contribution in [3.8, 4) is 0 Å². The molecule has 2 heterocycles. The number of anilines is 1. The summed E-state index contributed by atoms with van der Waals surface area (Å²) < 4.78 is 0.995. The van der Waals surface area contributed by atoms with Crippen LogP contribution in [-0.2, 0) is 4.79 Å². The minimum absolute atomic E-state index is 0.265. The molecular weight excluding hydrogens is 308 g/mol. The van der Waals surface area contributed by atoms with Crippen molar-refractivity contribution in [2.75, 3.05) is 18.0 Å². The van der Waals surface area contributed by atoms with Crippen molar-refractivity contribution in [1.29, 1.82) is 0 Å². The van der Waals surface area contributed by atoms with Gasteiger partial charge in [0.2, 0.25) is 0 Å². The van der Waals surface area contributed by atoms with Crippen LogP contribution >= 0.6 is 15.9 Å². The predicted molar refractivity (Wildman–Crippen MR) is 77.4 cm³/mol. The van der Waals surface area contributed by atoms with Crippen LogP contribution < -0.4 is 4.90 Å². The summed E-state index contributed by atoms with van der Waals surface area (Å²) in [7, 11) is 0. The monoisotopic (exact) mass is 320 g/mol. The molecule has 0 bridgehead atoms. The summed E-state index contributed by atoms with van der Waals surface area (Å²) in [5.41, 5.74) is 1.99. The molecule has 0 saturated carbocycles. The average Bonchev–Trinajstić information content (AvgIpc) is 2.87. The van der Waals surface area contributed by atoms with E-state index in [1.807, 2.05) is 24.3 Å². The summed E-state index contributed by atoms with van der Waals surface area (Å²) >= 11 is 3.44. The number of pyridine rings is 1. The lowest BCUT2D eigenvalue weighted by atomic mass is 10.1. The maximum absolute atomic E-state index is 11.0. The number of benzene rings is 1. The quantitative estimate of drug-likeness (QED) is 0.924. The number of fused-ring (bicyclic) bond motifs is 1. The molecule has 1 unspecified atom stereocenters. The summed E-state index contributed by atoms with van der Waals surface area (Å²) in [6.07, 6.45) is 2.48. The lowest BCUT2D eigenvalue weighted by Crippen LogP contribution is -2.22. The Morgan fingerprint density at radius 2 is 2.26 bits per heavy atom. The first-order valence-corrected chi connectivity index (χ1v) is 6.96. The molecule has 0 radical (unpaired) electrons. The van der Waals surface area contributed by atoms with Crippen LogP contribution in [0, 0.1) is 5.92 Å². The summed E-state index contributed by atoms with van der Waals surface area (Å²) in [6, 6.07) is 7.94. The van der Waals surface area contributed by atoms with Gasteiger partial charge in [-0.05, 0) is 30.7 Å². The van der Waals surface area contributed by atoms with Gasteiger partial charge >= 0.3 is 5.97 Å². The van der Waals surface area contributed by atoms with Crippen molar-refractivity contribution >= 4 is 38.5 Å². The van der Waals surface area contributed by atoms with E-state index in [2.05, 4.69) is 25.8 Å². The molecule has 0 aliphatic carbocycles. The van der Waals surface area contributed by atoms with Crippen LogP contribution in [0.15, 0.2) is 34.9 Å². The van der Waals surface area contributed by atoms with Gasteiger partial charge in [0.25, 0.3) is 0 Å². The van der Waals surface area contributed by atoms with Crippen molar-refractivity contribution < 1.29 is 9.90 Å². The maximum Gasteiger partial charge on any atom is 0.308 e. The molecule has 4 nitrogen and oxygen atoms in total. The lowest BCUT2D eigenvalue weighted by Gasteiger charge is -2.20. The van der Waals surface area contributed by atoms with Crippen molar-refractivity contribution in [1.82, 2.24) is 4.98 Å². The predicted octanol–water partition coefficient (Wildman–Crippen LogP) is 2.91. The number of aliphatic carboxylic acids is 1. The fourth-order valence-corrected chi connectivity index (χ4v) is 2.91. The van der Waals surface area contributed by atoms with Crippen LogP contribution in [0.2, 0.25) is 0 Å². The molecule has 1 fully saturated rings. The van der Waals surface area contributed by atoms with Gasteiger partial charge in [0.1, 0.15) is 0 Å². The van der Waals surface area contributed by atoms with Crippen LogP contribution in [0.25, 0.3) is 10.9 Å². The van der Waals surface area contributed by atoms with E-state index >= 15 is 0 Å². The van der Waals surface area contributed by atoms with Gasteiger partial charge in [-0.3, -0.25) is 9.78 Å². The SMILES string of the molecule is O=C(O)C1CCN(c2ccnc3cc(Br)ccc23)C1. The zero-order valence-corrected chi connectivity index (χ0v) is 11.8. The number of halogens is 1. The van der Waals surface area contributed by atoms with E-state index < -0.39 is 5.97 Å². The van der Waals surface area contributed by atoms with Gasteiger partial charge in [-0.25, -0.2) is 0 Å². The zero-order chi connectivity index (χ0) is 13.4. The van der Waals surface area contributed by atoms with Crippen LogP contribution in [0.5, 0.6) is 0 Å². The van der Waals surface area contributed by atoms with E-state index in [0.29, 0.717) is 13.0 Å². The highest BCUT2D eigenvalue weighted by atomic mass is 79.9. The van der Waals surface area contributed by atoms with Crippen LogP contribution in [0.1, 0.15) is 6.42 Å². The Bertz CT molecular complexity index is 644. The molecule has 0 spiro atoms. The van der Waals surface area contributed by atoms with Crippen molar-refractivity contribution in [3.05, 3.63) is 34.9 Å². The lowest BCUT2D eigenvalue weighted by molar-refractivity contribution is -0.140. The minimum Gasteiger partial charge on any atom is -0.481 e. The second-order valence-corrected chi connectivity index (χ2v) is 5.68. The smallest absolute Gasteiger partial charge is 0.308 e. The standard InChI is InChI=1S/C14H13BrN2O2/c15-10-1-2-11-12(7-10)16-5-3-13(11)17-6-4-9(8-17)14(18)19/h1-3,5,7,9H,4,6,8H2,(H,18,19). The van der Waals surface area contributed by atoms with Crippen LogP contribution in [0.4, 0.5) is 5.69 Å². The number of nitrogens with zero attached hydrogens (tertiary/aromatic N) is 2. The number of carbonyl (C=O) groups is 1. The molecule has 1 aromatic heterocycles. The molecule has 1 atom stereocenters. The highest BCUT2D eigenvalue weighted by Gasteiger charge is 2.28. The van der Waals surface area contributed by atoms with E-state index in [1.54, 1.807) is 6.20 Å². The number of hydrogen-bond donors (Lipinski definition) is 1. The maximum atomic E-state index is 11.0. The summed E-state index contributed by atoms with van der Waals surface area (Å²) in [5, 5.41) is 10.1. The molecule has 0 amide bonds. The number of hydrogen-bond acceptors (Lipinski definition) is 3. The van der Waals surface area contributed by atoms with Crippen molar-refractivity contribution in [2.24, 2.45) is 5.92 Å². The molecule has 98 valence electrons. The Kier molecular flexibility index (Phi) is 3.14. The highest BCUT2D eigenvalue weighted by molar-refractivity contribution is 9.10. The number of rotatable bonds is 2. The fraction of sp³-hybridized carbons (Fsp3) is 0.286. The third kappa shape index (κ3) is 2.30. The summed E-state index contributed by atoms with van der Waals surface area (Å²) in [6.45, 7) is 1.36. The third-order valence-corrected chi connectivity index (χ3v) is 4.05. The topological polar surface area (TPSA) is 53.4 Å². The first-order valence-electron chi connectivity index (χ1n) is 6.17. The minimum atomic E-state index is -0.705. The van der Waals surface area contributed by atoms with E-state index in [4.69, 9.17) is 5.11 Å². The summed E-state index contributed by atoms with van der Waals surface area (Å²) in [5.74, 6) is -0.970. The molecule has 1 N–H and O–H groups in total. The fourth-order valence-electron chi connectivity index (χ4n) is 2.56. The average molecular weight is 321 g/mol. The Hall–Kier alpha value is -1.62. The Labute approximate surface area is 119 Å². The van der Waals surface area contributed by atoms with Gasteiger partial charge in [0, 0.05) is 34.8 Å². The summed E-state index contributed by atoms with van der Waals surface area (Å²) in [4.78, 5) is 17.5. The van der Waals surface area contributed by atoms with Gasteiger partial charge in [-0.15, -0.1) is 0 Å². The molecule has 1 aliphatic heterocycles. The van der Waals surface area contributed by atoms with Gasteiger partial charge in [-0.1, -0.05) is 15.9 Å². The van der Waals surface area contributed by atoms with Gasteiger partial charge in [-0.2, -0.15) is 0 Å². The molecule has 1 aliphatic rings. The van der Waals surface area contributed by atoms with Crippen LogP contribution in [0.3, 0.4) is 0 Å². The van der Waals surface area contributed by atoms with Crippen molar-refractivity contribution in [3.63, 3.8) is 0 Å². The molecule has 1 saturated heterocycles. The Balaban J connectivity index is 2.00. The van der Waals surface area contributed by atoms with E-state index in [0.717, 1.165) is 27.6 Å². The van der Waals surface area contributed by atoms with E-state index in [1.165, 1.54) is 0 Å². The number of carboxylic acid groups (broad SMARTS) is 1. The Morgan fingerprint density at radius 1 is 1.42 bits per heavy atom. The molecule has 2 aromatic rings. The normalized spacial score (nSPS) is 19.0. The molecule has 1 aromatic carbocycles. The first-order chi connectivity index (χ1) is 9.15. The van der Waals surface area contributed by atoms with E-state index in [9.17, 15) is 4.79 Å². The highest BCUT2D eigenvalue weighted by Crippen LogP contribution is 2.31. The number of aromatic nitrogens is 1. The second kappa shape index (κ2) is 4.81. The van der Waals surface area contributed by atoms with Crippen molar-refractivity contribution in [2.45, 2.75) is 6.42 Å².